The molecule has 4 aliphatic rings. The molecule has 0 saturated heterocycles. The Bertz CT molecular complexity index is 2910. The van der Waals surface area contributed by atoms with Gasteiger partial charge in [-0.3, -0.25) is 0 Å². The Balaban J connectivity index is 1.25. The van der Waals surface area contributed by atoms with Crippen molar-refractivity contribution in [1.82, 2.24) is 0 Å². The lowest BCUT2D eigenvalue weighted by Crippen LogP contribution is -2.57. The van der Waals surface area contributed by atoms with E-state index < -0.39 is 111 Å². The number of hydrogen-bond donors (Lipinski definition) is 14. The molecule has 18 nitrogen and oxygen atoms in total. The topological polar surface area (TPSA) is 320 Å². The number of phenolic OH excluding ortho intramolecular Hbond substituents is 11. The normalized spacial score (nSPS) is 25.2. The van der Waals surface area contributed by atoms with Crippen LogP contribution >= 0.6 is 0 Å². The van der Waals surface area contributed by atoms with E-state index in [9.17, 15) is 71.5 Å². The molecule has 2 bridgehead atoms. The molecule has 18 heteroatoms. The van der Waals surface area contributed by atoms with Crippen molar-refractivity contribution >= 4 is 0 Å². The van der Waals surface area contributed by atoms with Crippen LogP contribution < -0.4 is 18.9 Å². The van der Waals surface area contributed by atoms with Gasteiger partial charge in [0.2, 0.25) is 0 Å². The number of rotatable bonds is 4. The minimum absolute atomic E-state index is 0.0325. The van der Waals surface area contributed by atoms with Crippen molar-refractivity contribution in [3.63, 3.8) is 0 Å². The van der Waals surface area contributed by atoms with Crippen molar-refractivity contribution in [2.24, 2.45) is 0 Å². The second-order valence-corrected chi connectivity index (χ2v) is 15.9. The molecule has 10 rings (SSSR count). The molecule has 4 aliphatic heterocycles. The van der Waals surface area contributed by atoms with E-state index in [0.717, 1.165) is 60.7 Å². The van der Waals surface area contributed by atoms with Crippen LogP contribution in [0.4, 0.5) is 0 Å². The van der Waals surface area contributed by atoms with Gasteiger partial charge in [0, 0.05) is 64.1 Å². The zero-order chi connectivity index (χ0) is 44.5. The summed E-state index contributed by atoms with van der Waals surface area (Å²) >= 11 is 0. The highest BCUT2D eigenvalue weighted by molar-refractivity contribution is 5.72. The zero-order valence-electron chi connectivity index (χ0n) is 32.1. The summed E-state index contributed by atoms with van der Waals surface area (Å²) in [6.45, 7) is 0. The van der Waals surface area contributed by atoms with Crippen LogP contribution in [0.1, 0.15) is 68.6 Å². The minimum atomic E-state index is -2.31. The van der Waals surface area contributed by atoms with Crippen LogP contribution in [0.3, 0.4) is 0 Å². The Morgan fingerprint density at radius 2 is 0.984 bits per heavy atom. The van der Waals surface area contributed by atoms with Gasteiger partial charge in [0.15, 0.2) is 40.6 Å². The first-order valence-electron chi connectivity index (χ1n) is 19.3. The van der Waals surface area contributed by atoms with Gasteiger partial charge in [-0.15, -0.1) is 0 Å². The molecular weight excluding hydrogens is 828 g/mol. The zero-order valence-corrected chi connectivity index (χ0v) is 32.1. The second kappa shape index (κ2) is 13.6. The molecule has 6 aromatic rings. The molecule has 0 spiro atoms. The molecule has 63 heavy (non-hydrogen) atoms. The van der Waals surface area contributed by atoms with Crippen molar-refractivity contribution in [1.29, 1.82) is 0 Å². The van der Waals surface area contributed by atoms with Crippen LogP contribution in [-0.4, -0.2) is 89.8 Å². The molecule has 4 heterocycles. The van der Waals surface area contributed by atoms with E-state index in [1.807, 2.05) is 0 Å². The monoisotopic (exact) mass is 864 g/mol. The number of aliphatic hydroxyl groups is 3. The predicted octanol–water partition coefficient (Wildman–Crippen LogP) is 4.24. The van der Waals surface area contributed by atoms with Crippen LogP contribution in [0, 0.1) is 0 Å². The maximum Gasteiger partial charge on any atom is 0.305 e. The summed E-state index contributed by atoms with van der Waals surface area (Å²) in [5.41, 5.74) is -0.583. The summed E-state index contributed by atoms with van der Waals surface area (Å²) in [4.78, 5) is 0. The molecule has 6 aromatic carbocycles. The van der Waals surface area contributed by atoms with Gasteiger partial charge >= 0.3 is 5.79 Å². The van der Waals surface area contributed by atoms with E-state index in [4.69, 9.17) is 18.9 Å². The molecular formula is C45H36O18. The maximum atomic E-state index is 12.5. The molecule has 0 aromatic heterocycles. The van der Waals surface area contributed by atoms with Crippen LogP contribution in [-0.2, 0) is 12.2 Å². The van der Waals surface area contributed by atoms with Crippen LogP contribution in [0.25, 0.3) is 0 Å². The molecule has 324 valence electrons. The van der Waals surface area contributed by atoms with Gasteiger partial charge in [0.1, 0.15) is 70.1 Å². The van der Waals surface area contributed by atoms with Crippen LogP contribution in [0.2, 0.25) is 0 Å². The highest BCUT2D eigenvalue weighted by Crippen LogP contribution is 2.65. The SMILES string of the molecule is Oc1cc(O)c2c(c1)O[C@]1(c3ccc(O)c(O)c3)Oc3cc(O)c4c(c3[C@H]2[C@H]1O)O[C@H](c1ccc(O)c(O)c1)[C@H](O)[C@H]4c1c(O)cc(O)c2c1O[C@H](c1ccc(O)c(O)c1)[C@@H](O)C2. The fourth-order valence-corrected chi connectivity index (χ4v) is 9.32. The van der Waals surface area contributed by atoms with Crippen molar-refractivity contribution < 1.29 is 90.4 Å². The van der Waals surface area contributed by atoms with E-state index in [0.29, 0.717) is 0 Å². The number of benzene rings is 6. The standard InChI is InChI=1S/C45H36O18/c46-18-10-27(54)33-31(11-18)62-45(17-3-6-22(49)26(53)9-17)44(59)38(33)36-32(63-45)14-29(56)35-37(39(58)41(61-43(35)36)16-2-5-21(48)25(52)8-16)34-28(55)13-23(50)19-12-30(57)40(60-42(19)34)15-1-4-20(47)24(51)7-15/h1-11,13-14,30,37-41,44,46-59H,12H2/t30-,37-,38-,39+,40+,41+,44+,45+/m0/s1. The van der Waals surface area contributed by atoms with E-state index in [-0.39, 0.29) is 73.9 Å². The van der Waals surface area contributed by atoms with Crippen molar-refractivity contribution in [3.05, 3.63) is 123 Å². The molecule has 0 saturated carbocycles. The summed E-state index contributed by atoms with van der Waals surface area (Å²) in [6.07, 6.45) is -8.29. The number of hydrogen-bond acceptors (Lipinski definition) is 18. The van der Waals surface area contributed by atoms with Gasteiger partial charge in [-0.25, -0.2) is 0 Å². The van der Waals surface area contributed by atoms with E-state index in [2.05, 4.69) is 0 Å². The Labute approximate surface area is 354 Å². The Morgan fingerprint density at radius 3 is 1.62 bits per heavy atom. The maximum absolute atomic E-state index is 12.5. The third-order valence-electron chi connectivity index (χ3n) is 12.2. The van der Waals surface area contributed by atoms with Gasteiger partial charge in [0.25, 0.3) is 0 Å². The number of phenols is 11. The number of aromatic hydroxyl groups is 11. The number of aliphatic hydroxyl groups excluding tert-OH is 3. The largest absolute Gasteiger partial charge is 0.508 e. The van der Waals surface area contributed by atoms with Gasteiger partial charge in [-0.2, -0.15) is 0 Å². The third kappa shape index (κ3) is 5.68. The third-order valence-corrected chi connectivity index (χ3v) is 12.2. The first-order valence-corrected chi connectivity index (χ1v) is 19.3. The Kier molecular flexibility index (Phi) is 8.49. The summed E-state index contributed by atoms with van der Waals surface area (Å²) in [6, 6.07) is 14.8. The molecule has 0 radical (unpaired) electrons. The van der Waals surface area contributed by atoms with Crippen molar-refractivity contribution in [3.8, 4) is 86.2 Å². The van der Waals surface area contributed by atoms with Crippen LogP contribution in [0.5, 0.6) is 86.2 Å². The first-order chi connectivity index (χ1) is 30.0. The lowest BCUT2D eigenvalue weighted by molar-refractivity contribution is -0.219. The average molecular weight is 865 g/mol. The molecule has 14 N–H and O–H groups in total. The van der Waals surface area contributed by atoms with Gasteiger partial charge < -0.3 is 90.4 Å². The molecule has 0 unspecified atom stereocenters. The predicted molar refractivity (Wildman–Crippen MR) is 212 cm³/mol. The molecule has 0 amide bonds. The number of fused-ring (bicyclic) bond motifs is 9. The lowest BCUT2D eigenvalue weighted by Gasteiger charge is -2.51. The summed E-state index contributed by atoms with van der Waals surface area (Å²) in [5.74, 6) is -12.6. The summed E-state index contributed by atoms with van der Waals surface area (Å²) in [5, 5.41) is 155. The van der Waals surface area contributed by atoms with E-state index in [1.54, 1.807) is 0 Å². The summed E-state index contributed by atoms with van der Waals surface area (Å²) in [7, 11) is 0. The number of ether oxygens (including phenoxy) is 4. The fourth-order valence-electron chi connectivity index (χ4n) is 9.32. The van der Waals surface area contributed by atoms with Gasteiger partial charge in [0.05, 0.1) is 17.9 Å². The quantitative estimate of drug-likeness (QED) is 0.110. The van der Waals surface area contributed by atoms with Crippen molar-refractivity contribution in [2.75, 3.05) is 0 Å². The molecule has 0 fully saturated rings. The van der Waals surface area contributed by atoms with Crippen LogP contribution in [0.15, 0.2) is 78.9 Å². The van der Waals surface area contributed by atoms with E-state index >= 15 is 0 Å². The average Bonchev–Trinajstić information content (AvgIpc) is 3.22. The second-order valence-electron chi connectivity index (χ2n) is 15.9. The highest BCUT2D eigenvalue weighted by atomic mass is 16.7. The highest BCUT2D eigenvalue weighted by Gasteiger charge is 2.61. The minimum Gasteiger partial charge on any atom is -0.508 e. The van der Waals surface area contributed by atoms with Gasteiger partial charge in [-0.1, -0.05) is 12.1 Å². The Hall–Kier alpha value is -7.80. The van der Waals surface area contributed by atoms with E-state index in [1.165, 1.54) is 18.2 Å². The van der Waals surface area contributed by atoms with Gasteiger partial charge in [-0.05, 0) is 53.6 Å². The summed E-state index contributed by atoms with van der Waals surface area (Å²) < 4.78 is 25.6. The smallest absolute Gasteiger partial charge is 0.305 e. The van der Waals surface area contributed by atoms with Crippen molar-refractivity contribution in [2.45, 2.75) is 54.6 Å². The fraction of sp³-hybridized carbons (Fsp3) is 0.200. The Morgan fingerprint density at radius 1 is 0.444 bits per heavy atom. The molecule has 0 aliphatic carbocycles. The first kappa shape index (κ1) is 39.3. The lowest BCUT2D eigenvalue weighted by atomic mass is 9.71. The molecule has 8 atom stereocenters.